The van der Waals surface area contributed by atoms with Crippen molar-refractivity contribution >= 4 is 22.6 Å². The highest BCUT2D eigenvalue weighted by Gasteiger charge is 2.23. The van der Waals surface area contributed by atoms with E-state index >= 15 is 0 Å². The van der Waals surface area contributed by atoms with E-state index in [-0.39, 0.29) is 6.04 Å². The molecule has 0 spiro atoms. The van der Waals surface area contributed by atoms with E-state index in [1.54, 1.807) is 0 Å². The first-order valence-electron chi connectivity index (χ1n) is 4.86. The van der Waals surface area contributed by atoms with Gasteiger partial charge in [0.15, 0.2) is 0 Å². The molecule has 1 fully saturated rings. The average Bonchev–Trinajstić information content (AvgIpc) is 2.71. The van der Waals surface area contributed by atoms with Gasteiger partial charge in [-0.05, 0) is 46.7 Å². The summed E-state index contributed by atoms with van der Waals surface area (Å²) in [5, 5.41) is 0. The van der Waals surface area contributed by atoms with Gasteiger partial charge in [0.1, 0.15) is 0 Å². The number of hydrogen-bond acceptors (Lipinski definition) is 2. The second-order valence-corrected chi connectivity index (χ2v) is 4.95. The lowest BCUT2D eigenvalue weighted by Gasteiger charge is -2.17. The van der Waals surface area contributed by atoms with Gasteiger partial charge in [-0.15, -0.1) is 0 Å². The summed E-state index contributed by atoms with van der Waals surface area (Å²) in [5.74, 6) is 0.495. The Bertz CT molecular complexity index is 293. The molecule has 1 aliphatic rings. The van der Waals surface area contributed by atoms with Crippen molar-refractivity contribution in [3.05, 3.63) is 33.4 Å². The maximum atomic E-state index is 6.17. The van der Waals surface area contributed by atoms with Crippen molar-refractivity contribution in [2.24, 2.45) is 11.7 Å². The van der Waals surface area contributed by atoms with Crippen molar-refractivity contribution in [2.75, 3.05) is 13.2 Å². The molecule has 1 saturated heterocycles. The molecule has 0 radical (unpaired) electrons. The summed E-state index contributed by atoms with van der Waals surface area (Å²) in [5.41, 5.74) is 7.39. The molecular weight excluding hydrogens is 289 g/mol. The van der Waals surface area contributed by atoms with Crippen LogP contribution in [-0.4, -0.2) is 13.2 Å². The van der Waals surface area contributed by atoms with Gasteiger partial charge in [0, 0.05) is 22.1 Å². The molecule has 1 aromatic rings. The molecule has 2 rings (SSSR count). The predicted octanol–water partition coefficient (Wildman–Crippen LogP) is 2.33. The number of ether oxygens (including phenoxy) is 1. The molecule has 0 aromatic heterocycles. The van der Waals surface area contributed by atoms with Gasteiger partial charge in [0.05, 0.1) is 6.61 Å². The van der Waals surface area contributed by atoms with Crippen molar-refractivity contribution in [1.29, 1.82) is 0 Å². The summed E-state index contributed by atoms with van der Waals surface area (Å²) in [6.45, 7) is 1.68. The van der Waals surface area contributed by atoms with Gasteiger partial charge in [-0.2, -0.15) is 0 Å². The first kappa shape index (κ1) is 10.4. The van der Waals surface area contributed by atoms with Crippen molar-refractivity contribution < 1.29 is 4.74 Å². The van der Waals surface area contributed by atoms with Crippen molar-refractivity contribution in [3.63, 3.8) is 0 Å². The van der Waals surface area contributed by atoms with Crippen molar-refractivity contribution in [2.45, 2.75) is 12.5 Å². The third kappa shape index (κ3) is 2.27. The van der Waals surface area contributed by atoms with Crippen molar-refractivity contribution in [3.8, 4) is 0 Å². The summed E-state index contributed by atoms with van der Waals surface area (Å²) >= 11 is 2.30. The molecule has 1 aromatic carbocycles. The molecule has 2 atom stereocenters. The molecule has 0 saturated carbocycles. The van der Waals surface area contributed by atoms with Gasteiger partial charge in [0.25, 0.3) is 0 Å². The van der Waals surface area contributed by atoms with Crippen LogP contribution in [0.3, 0.4) is 0 Å². The van der Waals surface area contributed by atoms with E-state index in [1.807, 2.05) is 0 Å². The van der Waals surface area contributed by atoms with E-state index in [0.717, 1.165) is 19.6 Å². The summed E-state index contributed by atoms with van der Waals surface area (Å²) in [6, 6.07) is 8.57. The van der Waals surface area contributed by atoms with E-state index in [1.165, 1.54) is 9.13 Å². The minimum atomic E-state index is 0.134. The molecule has 0 amide bonds. The van der Waals surface area contributed by atoms with Gasteiger partial charge >= 0.3 is 0 Å². The Morgan fingerprint density at radius 2 is 2.07 bits per heavy atom. The smallest absolute Gasteiger partial charge is 0.0513 e. The molecule has 2 unspecified atom stereocenters. The Balaban J connectivity index is 2.09. The second kappa shape index (κ2) is 4.59. The van der Waals surface area contributed by atoms with Gasteiger partial charge in [-0.3, -0.25) is 0 Å². The first-order valence-corrected chi connectivity index (χ1v) is 5.94. The molecule has 76 valence electrons. The topological polar surface area (TPSA) is 35.2 Å². The van der Waals surface area contributed by atoms with E-state index in [4.69, 9.17) is 10.5 Å². The Morgan fingerprint density at radius 1 is 1.36 bits per heavy atom. The third-order valence-electron chi connectivity index (χ3n) is 2.73. The minimum Gasteiger partial charge on any atom is -0.381 e. The van der Waals surface area contributed by atoms with E-state index in [2.05, 4.69) is 46.9 Å². The minimum absolute atomic E-state index is 0.134. The highest BCUT2D eigenvalue weighted by molar-refractivity contribution is 14.1. The molecule has 2 N–H and O–H groups in total. The molecule has 2 nitrogen and oxygen atoms in total. The monoisotopic (exact) mass is 303 g/mol. The molecule has 14 heavy (non-hydrogen) atoms. The SMILES string of the molecule is NC(c1ccc(I)cc1)C1CCOC1. The van der Waals surface area contributed by atoms with Crippen LogP contribution in [0.4, 0.5) is 0 Å². The average molecular weight is 303 g/mol. The number of nitrogens with two attached hydrogens (primary N) is 1. The van der Waals surface area contributed by atoms with E-state index < -0.39 is 0 Å². The summed E-state index contributed by atoms with van der Waals surface area (Å²) in [7, 11) is 0. The fourth-order valence-electron chi connectivity index (χ4n) is 1.79. The lowest BCUT2D eigenvalue weighted by Crippen LogP contribution is -2.21. The third-order valence-corrected chi connectivity index (χ3v) is 3.45. The van der Waals surface area contributed by atoms with Crippen LogP contribution in [0.15, 0.2) is 24.3 Å². The van der Waals surface area contributed by atoms with Crippen LogP contribution in [0.1, 0.15) is 18.0 Å². The summed E-state index contributed by atoms with van der Waals surface area (Å²) in [4.78, 5) is 0. The van der Waals surface area contributed by atoms with Crippen LogP contribution in [-0.2, 0) is 4.74 Å². The first-order chi connectivity index (χ1) is 6.77. The highest BCUT2D eigenvalue weighted by atomic mass is 127. The summed E-state index contributed by atoms with van der Waals surface area (Å²) < 4.78 is 6.59. The zero-order chi connectivity index (χ0) is 9.97. The Kier molecular flexibility index (Phi) is 3.41. The Hall–Kier alpha value is -0.130. The van der Waals surface area contributed by atoms with Gasteiger partial charge in [-0.1, -0.05) is 12.1 Å². The van der Waals surface area contributed by atoms with Crippen LogP contribution < -0.4 is 5.73 Å². The van der Waals surface area contributed by atoms with Crippen LogP contribution >= 0.6 is 22.6 Å². The molecule has 0 bridgehead atoms. The van der Waals surface area contributed by atoms with Crippen molar-refractivity contribution in [1.82, 2.24) is 0 Å². The lowest BCUT2D eigenvalue weighted by molar-refractivity contribution is 0.181. The molecule has 3 heteroatoms. The molecular formula is C11H14INO. The Morgan fingerprint density at radius 3 is 2.64 bits per heavy atom. The summed E-state index contributed by atoms with van der Waals surface area (Å²) in [6.07, 6.45) is 1.09. The number of halogens is 1. The molecule has 1 heterocycles. The standard InChI is InChI=1S/C11H14INO/c12-10-3-1-8(2-4-10)11(13)9-5-6-14-7-9/h1-4,9,11H,5-7,13H2. The van der Waals surface area contributed by atoms with Crippen LogP contribution in [0, 0.1) is 9.49 Å². The fourth-order valence-corrected chi connectivity index (χ4v) is 2.15. The van der Waals surface area contributed by atoms with E-state index in [9.17, 15) is 0 Å². The maximum Gasteiger partial charge on any atom is 0.0513 e. The number of benzene rings is 1. The maximum absolute atomic E-state index is 6.17. The van der Waals surface area contributed by atoms with E-state index in [0.29, 0.717) is 5.92 Å². The van der Waals surface area contributed by atoms with Crippen LogP contribution in [0.25, 0.3) is 0 Å². The van der Waals surface area contributed by atoms with Gasteiger partial charge in [-0.25, -0.2) is 0 Å². The number of hydrogen-bond donors (Lipinski definition) is 1. The largest absolute Gasteiger partial charge is 0.381 e. The lowest BCUT2D eigenvalue weighted by atomic mass is 9.93. The quantitative estimate of drug-likeness (QED) is 0.851. The molecule has 1 aliphatic heterocycles. The predicted molar refractivity (Wildman–Crippen MR) is 65.0 cm³/mol. The van der Waals surface area contributed by atoms with Gasteiger partial charge in [0.2, 0.25) is 0 Å². The van der Waals surface area contributed by atoms with Crippen LogP contribution in [0.2, 0.25) is 0 Å². The second-order valence-electron chi connectivity index (χ2n) is 3.70. The Labute approximate surface area is 98.0 Å². The molecule has 0 aliphatic carbocycles. The normalized spacial score (nSPS) is 23.7. The highest BCUT2D eigenvalue weighted by Crippen LogP contribution is 2.26. The zero-order valence-electron chi connectivity index (χ0n) is 7.95. The number of rotatable bonds is 2. The fraction of sp³-hybridized carbons (Fsp3) is 0.455. The zero-order valence-corrected chi connectivity index (χ0v) is 10.1. The van der Waals surface area contributed by atoms with Crippen LogP contribution in [0.5, 0.6) is 0 Å². The van der Waals surface area contributed by atoms with Gasteiger partial charge < -0.3 is 10.5 Å².